The molecule has 0 aromatic carbocycles. The van der Waals surface area contributed by atoms with Crippen LogP contribution in [0.4, 0.5) is 0 Å². The lowest BCUT2D eigenvalue weighted by molar-refractivity contribution is -0.0947. The largest absolute Gasteiger partial charge is 0.0998 e. The average Bonchev–Trinajstić information content (AvgIpc) is 3.41. The van der Waals surface area contributed by atoms with Gasteiger partial charge in [-0.2, -0.15) is 0 Å². The van der Waals surface area contributed by atoms with Gasteiger partial charge in [-0.1, -0.05) is 87.8 Å². The number of fused-ring (bicyclic) bond motifs is 4. The topological polar surface area (TPSA) is 0 Å². The minimum atomic E-state index is 0.392. The van der Waals surface area contributed by atoms with Crippen LogP contribution in [0.2, 0.25) is 0 Å². The second-order valence-corrected chi connectivity index (χ2v) is 18.4. The van der Waals surface area contributed by atoms with E-state index >= 15 is 0 Å². The van der Waals surface area contributed by atoms with Crippen LogP contribution in [-0.4, -0.2) is 0 Å². The van der Waals surface area contributed by atoms with E-state index in [9.17, 15) is 0 Å². The van der Waals surface area contributed by atoms with Gasteiger partial charge in [-0.05, 0) is 158 Å². The maximum atomic E-state index is 4.58. The predicted octanol–water partition coefficient (Wildman–Crippen LogP) is 12.1. The van der Waals surface area contributed by atoms with Crippen LogP contribution in [0.15, 0.2) is 12.2 Å². The van der Waals surface area contributed by atoms with Gasteiger partial charge >= 0.3 is 0 Å². The lowest BCUT2D eigenvalue weighted by atomic mass is 9.46. The quantitative estimate of drug-likeness (QED) is 0.306. The van der Waals surface area contributed by atoms with Gasteiger partial charge in [0.1, 0.15) is 0 Å². The highest BCUT2D eigenvalue weighted by Gasteiger charge is 2.79. The number of rotatable bonds is 5. The number of hydrogen-bond acceptors (Lipinski definition) is 0. The van der Waals surface area contributed by atoms with Crippen molar-refractivity contribution in [3.8, 4) is 0 Å². The van der Waals surface area contributed by atoms with E-state index in [2.05, 4.69) is 62.0 Å². The molecular formula is C39H68. The van der Waals surface area contributed by atoms with Crippen molar-refractivity contribution < 1.29 is 0 Å². The van der Waals surface area contributed by atoms with Gasteiger partial charge in [-0.25, -0.2) is 0 Å². The molecule has 224 valence electrons. The van der Waals surface area contributed by atoms with E-state index in [1.165, 1.54) is 50.5 Å². The number of allylic oxidation sites excluding steroid dienone is 1. The second-order valence-electron chi connectivity index (χ2n) is 18.4. The third-order valence-corrected chi connectivity index (χ3v) is 14.8. The van der Waals surface area contributed by atoms with E-state index < -0.39 is 0 Å². The second kappa shape index (κ2) is 10.2. The summed E-state index contributed by atoms with van der Waals surface area (Å²) >= 11 is 0. The van der Waals surface area contributed by atoms with Crippen LogP contribution in [0.5, 0.6) is 0 Å². The first-order chi connectivity index (χ1) is 18.2. The molecule has 0 heterocycles. The van der Waals surface area contributed by atoms with Gasteiger partial charge in [0.05, 0.1) is 0 Å². The standard InChI is InChI=1S/C37H62.C2H6/c1-24(2)19-25(3)20-30(33(4,5)6)26-11-12-28-27(21-26)22-31-29-13-14-32-34(7,8)15-10-16-37(32)23-36(29,37)18-17-35(28,31)9;1-2/h24,26-32H,3,10-23H2,1-2,4-9H3;1-2H3/t26?,27?,28?,29-,30-,31?,32?,35+,36-,37+;/m0./s1. The molecular weight excluding hydrogens is 468 g/mol. The molecule has 0 saturated heterocycles. The first-order valence-electron chi connectivity index (χ1n) is 17.9. The Labute approximate surface area is 245 Å². The molecule has 10 atom stereocenters. The van der Waals surface area contributed by atoms with Crippen molar-refractivity contribution in [3.05, 3.63) is 12.2 Å². The summed E-state index contributed by atoms with van der Waals surface area (Å²) in [5.74, 6) is 7.67. The zero-order chi connectivity index (χ0) is 28.6. The molecule has 0 bridgehead atoms. The smallest absolute Gasteiger partial charge is 0.0199 e. The number of hydrogen-bond donors (Lipinski definition) is 0. The first kappa shape index (κ1) is 30.2. The van der Waals surface area contributed by atoms with Crippen LogP contribution in [-0.2, 0) is 0 Å². The molecule has 6 saturated carbocycles. The predicted molar refractivity (Wildman–Crippen MR) is 171 cm³/mol. The molecule has 6 aliphatic carbocycles. The van der Waals surface area contributed by atoms with E-state index in [0.717, 1.165) is 58.2 Å². The lowest BCUT2D eigenvalue weighted by Gasteiger charge is -2.58. The summed E-state index contributed by atoms with van der Waals surface area (Å²) in [4.78, 5) is 0. The molecule has 0 aromatic rings. The van der Waals surface area contributed by atoms with E-state index in [4.69, 9.17) is 0 Å². The molecule has 0 nitrogen and oxygen atoms in total. The van der Waals surface area contributed by atoms with Crippen molar-refractivity contribution in [2.24, 2.45) is 74.4 Å². The summed E-state index contributed by atoms with van der Waals surface area (Å²) in [7, 11) is 0. The summed E-state index contributed by atoms with van der Waals surface area (Å²) in [6.45, 7) is 29.0. The van der Waals surface area contributed by atoms with Gasteiger partial charge in [0, 0.05) is 0 Å². The Balaban J connectivity index is 0.00000151. The zero-order valence-corrected chi connectivity index (χ0v) is 28.2. The van der Waals surface area contributed by atoms with Crippen molar-refractivity contribution in [1.29, 1.82) is 0 Å². The fourth-order valence-electron chi connectivity index (χ4n) is 13.5. The Bertz CT molecular complexity index is 899. The van der Waals surface area contributed by atoms with Gasteiger partial charge in [0.15, 0.2) is 0 Å². The molecule has 2 spiro atoms. The van der Waals surface area contributed by atoms with E-state index in [1.54, 1.807) is 44.9 Å². The molecule has 0 N–H and O–H groups in total. The third-order valence-electron chi connectivity index (χ3n) is 14.8. The average molecular weight is 537 g/mol. The highest BCUT2D eigenvalue weighted by atomic mass is 14.8. The zero-order valence-electron chi connectivity index (χ0n) is 28.2. The van der Waals surface area contributed by atoms with Crippen LogP contribution < -0.4 is 0 Å². The summed E-state index contributed by atoms with van der Waals surface area (Å²) < 4.78 is 0. The van der Waals surface area contributed by atoms with Crippen LogP contribution in [0.1, 0.15) is 159 Å². The Hall–Kier alpha value is -0.260. The van der Waals surface area contributed by atoms with Crippen LogP contribution >= 0.6 is 0 Å². The maximum absolute atomic E-state index is 4.58. The molecule has 6 rings (SSSR count). The monoisotopic (exact) mass is 537 g/mol. The molecule has 0 aromatic heterocycles. The molecule has 5 unspecified atom stereocenters. The van der Waals surface area contributed by atoms with Gasteiger partial charge in [0.25, 0.3) is 0 Å². The summed E-state index contributed by atoms with van der Waals surface area (Å²) in [6.07, 6.45) is 21.2. The van der Waals surface area contributed by atoms with Gasteiger partial charge in [-0.3, -0.25) is 0 Å². The van der Waals surface area contributed by atoms with Crippen molar-refractivity contribution in [1.82, 2.24) is 0 Å². The Morgan fingerprint density at radius 1 is 0.795 bits per heavy atom. The van der Waals surface area contributed by atoms with Crippen LogP contribution in [0.25, 0.3) is 0 Å². The Kier molecular flexibility index (Phi) is 7.88. The van der Waals surface area contributed by atoms with Crippen molar-refractivity contribution in [2.45, 2.75) is 159 Å². The van der Waals surface area contributed by atoms with E-state index in [1.807, 2.05) is 13.8 Å². The first-order valence-corrected chi connectivity index (χ1v) is 17.9. The fourth-order valence-corrected chi connectivity index (χ4v) is 13.5. The lowest BCUT2D eigenvalue weighted by Crippen LogP contribution is -2.51. The maximum Gasteiger partial charge on any atom is -0.0199 e. The Morgan fingerprint density at radius 3 is 2.15 bits per heavy atom. The summed E-state index contributed by atoms with van der Waals surface area (Å²) in [5.41, 5.74) is 4.72. The molecule has 39 heavy (non-hydrogen) atoms. The van der Waals surface area contributed by atoms with Gasteiger partial charge in [0.2, 0.25) is 0 Å². The summed E-state index contributed by atoms with van der Waals surface area (Å²) in [6, 6.07) is 0. The SMILES string of the molecule is C=C(CC(C)C)C[C@@H](C1CCC2C(C1)CC1[C@@H]3CCC4C(C)(C)CCC[C@@]45C[C@@]35CC[C@]21C)C(C)(C)C.CC. The van der Waals surface area contributed by atoms with Crippen molar-refractivity contribution in [3.63, 3.8) is 0 Å². The minimum Gasteiger partial charge on any atom is -0.0998 e. The molecule has 6 aliphatic rings. The van der Waals surface area contributed by atoms with Crippen molar-refractivity contribution in [2.75, 3.05) is 0 Å². The van der Waals surface area contributed by atoms with Crippen molar-refractivity contribution >= 4 is 0 Å². The molecule has 0 aliphatic heterocycles. The molecule has 0 radical (unpaired) electrons. The molecule has 0 amide bonds. The highest BCUT2D eigenvalue weighted by molar-refractivity contribution is 5.28. The normalized spacial score (nSPS) is 46.4. The summed E-state index contributed by atoms with van der Waals surface area (Å²) in [5, 5.41) is 0. The minimum absolute atomic E-state index is 0.392. The molecule has 6 fully saturated rings. The van der Waals surface area contributed by atoms with Crippen LogP contribution in [0.3, 0.4) is 0 Å². The molecule has 0 heteroatoms. The van der Waals surface area contributed by atoms with Crippen LogP contribution in [0, 0.1) is 74.4 Å². The van der Waals surface area contributed by atoms with Gasteiger partial charge < -0.3 is 0 Å². The van der Waals surface area contributed by atoms with Gasteiger partial charge in [-0.15, -0.1) is 0 Å². The highest BCUT2D eigenvalue weighted by Crippen LogP contribution is 2.87. The van der Waals surface area contributed by atoms with E-state index in [-0.39, 0.29) is 0 Å². The third kappa shape index (κ3) is 4.66. The fraction of sp³-hybridized carbons (Fsp3) is 0.949. The van der Waals surface area contributed by atoms with E-state index in [0.29, 0.717) is 16.2 Å². The Morgan fingerprint density at radius 2 is 1.49 bits per heavy atom.